The van der Waals surface area contributed by atoms with Gasteiger partial charge >= 0.3 is 5.82 Å². The summed E-state index contributed by atoms with van der Waals surface area (Å²) in [6.45, 7) is 4.01. The molecule has 27 heavy (non-hydrogen) atoms. The van der Waals surface area contributed by atoms with E-state index in [1.54, 1.807) is 6.20 Å². The highest BCUT2D eigenvalue weighted by molar-refractivity contribution is 9.10. The van der Waals surface area contributed by atoms with Crippen molar-refractivity contribution in [1.29, 1.82) is 0 Å². The van der Waals surface area contributed by atoms with E-state index >= 15 is 0 Å². The van der Waals surface area contributed by atoms with Crippen LogP contribution in [0.15, 0.2) is 34.9 Å². The molecule has 9 heteroatoms. The summed E-state index contributed by atoms with van der Waals surface area (Å²) in [6, 6.07) is 7.92. The predicted octanol–water partition coefficient (Wildman–Crippen LogP) is 2.52. The maximum absolute atomic E-state index is 12.9. The van der Waals surface area contributed by atoms with Crippen LogP contribution in [0.25, 0.3) is 0 Å². The van der Waals surface area contributed by atoms with E-state index in [0.29, 0.717) is 22.6 Å². The van der Waals surface area contributed by atoms with Crippen LogP contribution in [-0.2, 0) is 6.54 Å². The maximum atomic E-state index is 12.9. The van der Waals surface area contributed by atoms with Crippen molar-refractivity contribution in [3.8, 4) is 0 Å². The van der Waals surface area contributed by atoms with Gasteiger partial charge in [-0.1, -0.05) is 12.1 Å². The molecule has 0 aliphatic carbocycles. The van der Waals surface area contributed by atoms with E-state index in [4.69, 9.17) is 0 Å². The Hall–Kier alpha value is -2.26. The molecule has 2 aliphatic rings. The van der Waals surface area contributed by atoms with E-state index in [-0.39, 0.29) is 11.7 Å². The van der Waals surface area contributed by atoms with Crippen LogP contribution < -0.4 is 0 Å². The van der Waals surface area contributed by atoms with Crippen molar-refractivity contribution in [2.24, 2.45) is 0 Å². The van der Waals surface area contributed by atoms with Gasteiger partial charge in [0.25, 0.3) is 5.91 Å². The standard InChI is InChI=1S/C18H20BrN5O3/c19-16-12-23(20-17(16)24(26)27)10-13-3-1-4-14(9-13)18(25)22-8-7-21-6-2-5-15(21)11-22/h1,3-4,9,12,15H,2,5-8,10-11H2/t15-/m1/s1. The molecule has 0 N–H and O–H groups in total. The molecule has 2 aromatic rings. The Labute approximate surface area is 165 Å². The number of carbonyl (C=O) groups is 1. The third kappa shape index (κ3) is 3.74. The molecule has 0 bridgehead atoms. The van der Waals surface area contributed by atoms with Crippen LogP contribution in [0.3, 0.4) is 0 Å². The second-order valence-corrected chi connectivity index (χ2v) is 7.89. The highest BCUT2D eigenvalue weighted by atomic mass is 79.9. The fourth-order valence-corrected chi connectivity index (χ4v) is 4.40. The van der Waals surface area contributed by atoms with Gasteiger partial charge in [0.1, 0.15) is 4.47 Å². The summed E-state index contributed by atoms with van der Waals surface area (Å²) in [7, 11) is 0. The number of hydrogen-bond acceptors (Lipinski definition) is 5. The van der Waals surface area contributed by atoms with Crippen molar-refractivity contribution in [2.75, 3.05) is 26.2 Å². The highest BCUT2D eigenvalue weighted by Gasteiger charge is 2.32. The molecule has 142 valence electrons. The topological polar surface area (TPSA) is 84.5 Å². The summed E-state index contributed by atoms with van der Waals surface area (Å²) in [5.74, 6) is -0.160. The van der Waals surface area contributed by atoms with Gasteiger partial charge in [-0.2, -0.15) is 4.68 Å². The van der Waals surface area contributed by atoms with Crippen molar-refractivity contribution in [3.05, 3.63) is 56.2 Å². The van der Waals surface area contributed by atoms with Crippen LogP contribution in [-0.4, -0.2) is 62.6 Å². The largest absolute Gasteiger partial charge is 0.404 e. The summed E-state index contributed by atoms with van der Waals surface area (Å²) in [5, 5.41) is 14.9. The number of hydrogen-bond donors (Lipinski definition) is 0. The molecule has 4 rings (SSSR count). The minimum absolute atomic E-state index is 0.0519. The molecule has 1 amide bonds. The molecular formula is C18H20BrN5O3. The monoisotopic (exact) mass is 433 g/mol. The lowest BCUT2D eigenvalue weighted by Gasteiger charge is -2.37. The Morgan fingerprint density at radius 2 is 2.19 bits per heavy atom. The van der Waals surface area contributed by atoms with Gasteiger partial charge in [-0.15, -0.1) is 0 Å². The first-order valence-corrected chi connectivity index (χ1v) is 9.80. The van der Waals surface area contributed by atoms with Crippen LogP contribution >= 0.6 is 15.9 Å². The van der Waals surface area contributed by atoms with Crippen molar-refractivity contribution < 1.29 is 9.72 Å². The zero-order valence-electron chi connectivity index (χ0n) is 14.8. The minimum Gasteiger partial charge on any atom is -0.358 e. The Kier molecular flexibility index (Phi) is 4.96. The number of piperazine rings is 1. The Balaban J connectivity index is 1.48. The van der Waals surface area contributed by atoms with Crippen molar-refractivity contribution in [3.63, 3.8) is 0 Å². The summed E-state index contributed by atoms with van der Waals surface area (Å²) in [6.07, 6.45) is 3.95. The number of nitrogens with zero attached hydrogens (tertiary/aromatic N) is 5. The first-order chi connectivity index (χ1) is 13.0. The highest BCUT2D eigenvalue weighted by Crippen LogP contribution is 2.24. The number of fused-ring (bicyclic) bond motifs is 1. The fraction of sp³-hybridized carbons (Fsp3) is 0.444. The third-order valence-electron chi connectivity index (χ3n) is 5.27. The van der Waals surface area contributed by atoms with Gasteiger partial charge in [0.15, 0.2) is 0 Å². The van der Waals surface area contributed by atoms with Gasteiger partial charge in [0.2, 0.25) is 0 Å². The van der Waals surface area contributed by atoms with Gasteiger partial charge in [0.05, 0.1) is 17.8 Å². The van der Waals surface area contributed by atoms with Crippen molar-refractivity contribution >= 4 is 27.7 Å². The average Bonchev–Trinajstić information content (AvgIpc) is 3.27. The Morgan fingerprint density at radius 3 is 2.96 bits per heavy atom. The summed E-state index contributed by atoms with van der Waals surface area (Å²) >= 11 is 3.15. The Morgan fingerprint density at radius 1 is 1.33 bits per heavy atom. The molecule has 0 saturated carbocycles. The molecule has 0 unspecified atom stereocenters. The molecule has 8 nitrogen and oxygen atoms in total. The number of aromatic nitrogens is 2. The first-order valence-electron chi connectivity index (χ1n) is 9.01. The second-order valence-electron chi connectivity index (χ2n) is 7.04. The van der Waals surface area contributed by atoms with E-state index in [1.165, 1.54) is 11.1 Å². The smallest absolute Gasteiger partial charge is 0.358 e. The van der Waals surface area contributed by atoms with Crippen molar-refractivity contribution in [2.45, 2.75) is 25.4 Å². The number of carbonyl (C=O) groups excluding carboxylic acids is 1. The lowest BCUT2D eigenvalue weighted by molar-refractivity contribution is -0.390. The molecule has 3 heterocycles. The zero-order chi connectivity index (χ0) is 19.0. The van der Waals surface area contributed by atoms with Gasteiger partial charge < -0.3 is 15.0 Å². The molecule has 1 atom stereocenters. The number of nitro groups is 1. The SMILES string of the molecule is O=C(c1cccc(Cn2cc(Br)c([N+](=O)[O-])n2)c1)N1CCN2CCC[C@@H]2C1. The van der Waals surface area contributed by atoms with Gasteiger partial charge in [0, 0.05) is 31.2 Å². The normalized spacial score (nSPS) is 19.9. The molecule has 0 spiro atoms. The van der Waals surface area contributed by atoms with E-state index in [0.717, 1.165) is 38.2 Å². The van der Waals surface area contributed by atoms with Gasteiger partial charge in [-0.3, -0.25) is 9.69 Å². The van der Waals surface area contributed by atoms with Crippen LogP contribution in [0.5, 0.6) is 0 Å². The maximum Gasteiger partial charge on any atom is 0.404 e. The van der Waals surface area contributed by atoms with E-state index in [2.05, 4.69) is 25.9 Å². The third-order valence-corrected chi connectivity index (χ3v) is 5.82. The van der Waals surface area contributed by atoms with Crippen molar-refractivity contribution in [1.82, 2.24) is 19.6 Å². The molecule has 1 aromatic carbocycles. The van der Waals surface area contributed by atoms with Crippen LogP contribution in [0, 0.1) is 10.1 Å². The van der Waals surface area contributed by atoms with Crippen LogP contribution in [0.4, 0.5) is 5.82 Å². The molecule has 1 aromatic heterocycles. The van der Waals surface area contributed by atoms with E-state index in [9.17, 15) is 14.9 Å². The average molecular weight is 434 g/mol. The summed E-state index contributed by atoms with van der Waals surface area (Å²) in [4.78, 5) is 27.8. The molecule has 2 saturated heterocycles. The minimum atomic E-state index is -0.525. The summed E-state index contributed by atoms with van der Waals surface area (Å²) < 4.78 is 1.84. The summed E-state index contributed by atoms with van der Waals surface area (Å²) in [5.41, 5.74) is 1.53. The van der Waals surface area contributed by atoms with Crippen LogP contribution in [0.2, 0.25) is 0 Å². The Bertz CT molecular complexity index is 884. The molecule has 2 fully saturated rings. The number of halogens is 1. The number of amides is 1. The van der Waals surface area contributed by atoms with E-state index < -0.39 is 4.92 Å². The molecule has 0 radical (unpaired) electrons. The van der Waals surface area contributed by atoms with Gasteiger partial charge in [-0.25, -0.2) is 0 Å². The van der Waals surface area contributed by atoms with Gasteiger partial charge in [-0.05, 0) is 57.9 Å². The van der Waals surface area contributed by atoms with Crippen LogP contribution in [0.1, 0.15) is 28.8 Å². The predicted molar refractivity (Wildman–Crippen MR) is 103 cm³/mol. The number of benzene rings is 1. The molecular weight excluding hydrogens is 414 g/mol. The molecule has 2 aliphatic heterocycles. The fourth-order valence-electron chi connectivity index (χ4n) is 3.94. The zero-order valence-corrected chi connectivity index (χ0v) is 16.3. The van der Waals surface area contributed by atoms with E-state index in [1.807, 2.05) is 29.2 Å². The lowest BCUT2D eigenvalue weighted by atomic mass is 10.1. The second kappa shape index (κ2) is 7.40. The lowest BCUT2D eigenvalue weighted by Crippen LogP contribution is -2.52. The number of rotatable bonds is 4. The first kappa shape index (κ1) is 18.1. The quantitative estimate of drug-likeness (QED) is 0.546.